The largest absolute Gasteiger partial charge is 0.322 e. The van der Waals surface area contributed by atoms with E-state index in [4.69, 9.17) is 18.0 Å². The number of carbonyl (C=O) groups is 1. The Bertz CT molecular complexity index is 681. The zero-order valence-corrected chi connectivity index (χ0v) is 11.4. The Hall–Kier alpha value is -2.50. The second-order valence-electron chi connectivity index (χ2n) is 4.10. The van der Waals surface area contributed by atoms with Gasteiger partial charge in [-0.15, -0.1) is 6.42 Å². The summed E-state index contributed by atoms with van der Waals surface area (Å²) in [5.41, 5.74) is 2.30. The fourth-order valence-electron chi connectivity index (χ4n) is 1.62. The van der Waals surface area contributed by atoms with Crippen LogP contribution in [0.5, 0.6) is 0 Å². The van der Waals surface area contributed by atoms with E-state index >= 15 is 0 Å². The molecule has 2 rings (SSSR count). The Kier molecular flexibility index (Phi) is 4.60. The number of hydrogen-bond donors (Lipinski definition) is 1. The van der Waals surface area contributed by atoms with Crippen molar-refractivity contribution in [2.45, 2.75) is 0 Å². The predicted molar refractivity (Wildman–Crippen MR) is 83.5 cm³/mol. The minimum Gasteiger partial charge on any atom is -0.322 e. The molecular formula is C17H12ClNO. The monoisotopic (exact) mass is 281 g/mol. The molecule has 2 nitrogen and oxygen atoms in total. The van der Waals surface area contributed by atoms with Gasteiger partial charge in [0.25, 0.3) is 0 Å². The lowest BCUT2D eigenvalue weighted by molar-refractivity contribution is -0.111. The van der Waals surface area contributed by atoms with E-state index < -0.39 is 0 Å². The lowest BCUT2D eigenvalue weighted by Gasteiger charge is -2.02. The summed E-state index contributed by atoms with van der Waals surface area (Å²) in [6.45, 7) is 0. The molecule has 0 heterocycles. The highest BCUT2D eigenvalue weighted by atomic mass is 35.5. The number of amides is 1. The predicted octanol–water partition coefficient (Wildman–Crippen LogP) is 3.97. The number of terminal acetylenes is 1. The maximum absolute atomic E-state index is 11.8. The molecule has 2 aromatic carbocycles. The molecule has 0 aliphatic rings. The van der Waals surface area contributed by atoms with Crippen molar-refractivity contribution in [3.8, 4) is 12.3 Å². The summed E-state index contributed by atoms with van der Waals surface area (Å²) in [7, 11) is 0. The van der Waals surface area contributed by atoms with E-state index in [-0.39, 0.29) is 5.91 Å². The average Bonchev–Trinajstić information content (AvgIpc) is 2.47. The number of benzene rings is 2. The summed E-state index contributed by atoms with van der Waals surface area (Å²) >= 11 is 5.79. The van der Waals surface area contributed by atoms with Crippen LogP contribution < -0.4 is 5.32 Å². The molecular weight excluding hydrogens is 270 g/mol. The van der Waals surface area contributed by atoms with Crippen LogP contribution in [0.25, 0.3) is 6.08 Å². The zero-order valence-electron chi connectivity index (χ0n) is 10.6. The van der Waals surface area contributed by atoms with Gasteiger partial charge < -0.3 is 5.32 Å². The van der Waals surface area contributed by atoms with Crippen molar-refractivity contribution in [1.29, 1.82) is 0 Å². The summed E-state index contributed by atoms with van der Waals surface area (Å²) in [5, 5.41) is 3.42. The fourth-order valence-corrected chi connectivity index (χ4v) is 1.74. The highest BCUT2D eigenvalue weighted by Crippen LogP contribution is 2.12. The van der Waals surface area contributed by atoms with Gasteiger partial charge in [-0.05, 0) is 42.0 Å². The standard InChI is InChI=1S/C17H12ClNO/c1-2-13-4-3-5-16(12-13)19-17(20)11-8-14-6-9-15(18)10-7-14/h1,3-12H,(H,19,20). The Morgan fingerprint density at radius 2 is 1.95 bits per heavy atom. The minimum atomic E-state index is -0.214. The van der Waals surface area contributed by atoms with Crippen LogP contribution in [-0.2, 0) is 4.79 Å². The van der Waals surface area contributed by atoms with Gasteiger partial charge in [0, 0.05) is 22.3 Å². The number of halogens is 1. The smallest absolute Gasteiger partial charge is 0.248 e. The first-order valence-electron chi connectivity index (χ1n) is 5.99. The SMILES string of the molecule is C#Cc1cccc(NC(=O)C=Cc2ccc(Cl)cc2)c1. The van der Waals surface area contributed by atoms with Crippen LogP contribution in [0.15, 0.2) is 54.6 Å². The second-order valence-corrected chi connectivity index (χ2v) is 4.54. The van der Waals surface area contributed by atoms with Crippen LogP contribution >= 0.6 is 11.6 Å². The third-order valence-electron chi connectivity index (χ3n) is 2.59. The number of anilines is 1. The fraction of sp³-hybridized carbons (Fsp3) is 0. The molecule has 98 valence electrons. The van der Waals surface area contributed by atoms with Crippen molar-refractivity contribution in [2.24, 2.45) is 0 Å². The summed E-state index contributed by atoms with van der Waals surface area (Å²) in [6.07, 6.45) is 8.49. The first-order valence-corrected chi connectivity index (χ1v) is 6.36. The lowest BCUT2D eigenvalue weighted by atomic mass is 10.2. The Morgan fingerprint density at radius 3 is 2.65 bits per heavy atom. The molecule has 2 aromatic rings. The number of rotatable bonds is 3. The summed E-state index contributed by atoms with van der Waals surface area (Å²) in [4.78, 5) is 11.8. The van der Waals surface area contributed by atoms with Crippen LogP contribution in [-0.4, -0.2) is 5.91 Å². The Labute approximate surface area is 123 Å². The van der Waals surface area contributed by atoms with Crippen LogP contribution in [0.4, 0.5) is 5.69 Å². The molecule has 0 saturated heterocycles. The molecule has 1 amide bonds. The van der Waals surface area contributed by atoms with Crippen LogP contribution in [0.1, 0.15) is 11.1 Å². The summed E-state index contributed by atoms with van der Waals surface area (Å²) in [5.74, 6) is 2.31. The molecule has 0 fully saturated rings. The molecule has 3 heteroatoms. The van der Waals surface area contributed by atoms with E-state index in [0.717, 1.165) is 11.1 Å². The Balaban J connectivity index is 2.02. The summed E-state index contributed by atoms with van der Waals surface area (Å²) in [6, 6.07) is 14.4. The molecule has 0 radical (unpaired) electrons. The van der Waals surface area contributed by atoms with E-state index in [2.05, 4.69) is 11.2 Å². The molecule has 0 unspecified atom stereocenters. The number of nitrogens with one attached hydrogen (secondary N) is 1. The van der Waals surface area contributed by atoms with Crippen molar-refractivity contribution in [3.63, 3.8) is 0 Å². The molecule has 0 spiro atoms. The molecule has 1 N–H and O–H groups in total. The molecule has 0 saturated carbocycles. The van der Waals surface area contributed by atoms with Gasteiger partial charge in [-0.3, -0.25) is 4.79 Å². The average molecular weight is 282 g/mol. The normalized spacial score (nSPS) is 10.2. The zero-order chi connectivity index (χ0) is 14.4. The van der Waals surface area contributed by atoms with E-state index in [1.807, 2.05) is 12.1 Å². The third kappa shape index (κ3) is 4.01. The molecule has 0 aliphatic carbocycles. The second kappa shape index (κ2) is 6.60. The van der Waals surface area contributed by atoms with Crippen molar-refractivity contribution in [3.05, 3.63) is 70.8 Å². The Morgan fingerprint density at radius 1 is 1.20 bits per heavy atom. The summed E-state index contributed by atoms with van der Waals surface area (Å²) < 4.78 is 0. The van der Waals surface area contributed by atoms with E-state index in [0.29, 0.717) is 10.7 Å². The topological polar surface area (TPSA) is 29.1 Å². The number of carbonyl (C=O) groups excluding carboxylic acids is 1. The van der Waals surface area contributed by atoms with Gasteiger partial charge in [0.15, 0.2) is 0 Å². The maximum Gasteiger partial charge on any atom is 0.248 e. The quantitative estimate of drug-likeness (QED) is 0.669. The van der Waals surface area contributed by atoms with E-state index in [1.54, 1.807) is 42.5 Å². The van der Waals surface area contributed by atoms with Gasteiger partial charge in [-0.2, -0.15) is 0 Å². The molecule has 0 bridgehead atoms. The van der Waals surface area contributed by atoms with Gasteiger partial charge in [0.2, 0.25) is 5.91 Å². The first-order chi connectivity index (χ1) is 9.67. The van der Waals surface area contributed by atoms with Crippen LogP contribution in [0, 0.1) is 12.3 Å². The van der Waals surface area contributed by atoms with Gasteiger partial charge in [-0.25, -0.2) is 0 Å². The molecule has 0 aromatic heterocycles. The van der Waals surface area contributed by atoms with Gasteiger partial charge in [0.05, 0.1) is 0 Å². The van der Waals surface area contributed by atoms with Gasteiger partial charge in [-0.1, -0.05) is 35.7 Å². The highest BCUT2D eigenvalue weighted by molar-refractivity contribution is 6.30. The van der Waals surface area contributed by atoms with Crippen molar-refractivity contribution in [2.75, 3.05) is 5.32 Å². The molecule has 0 atom stereocenters. The first kappa shape index (κ1) is 13.9. The van der Waals surface area contributed by atoms with Crippen molar-refractivity contribution >= 4 is 29.3 Å². The lowest BCUT2D eigenvalue weighted by Crippen LogP contribution is -2.07. The molecule has 0 aliphatic heterocycles. The highest BCUT2D eigenvalue weighted by Gasteiger charge is 1.98. The van der Waals surface area contributed by atoms with Gasteiger partial charge in [0.1, 0.15) is 0 Å². The van der Waals surface area contributed by atoms with E-state index in [9.17, 15) is 4.79 Å². The third-order valence-corrected chi connectivity index (χ3v) is 2.85. The van der Waals surface area contributed by atoms with E-state index in [1.165, 1.54) is 6.08 Å². The molecule has 20 heavy (non-hydrogen) atoms. The minimum absolute atomic E-state index is 0.214. The number of hydrogen-bond acceptors (Lipinski definition) is 1. The van der Waals surface area contributed by atoms with Crippen LogP contribution in [0.3, 0.4) is 0 Å². The maximum atomic E-state index is 11.8. The van der Waals surface area contributed by atoms with Crippen molar-refractivity contribution in [1.82, 2.24) is 0 Å². The van der Waals surface area contributed by atoms with Crippen LogP contribution in [0.2, 0.25) is 5.02 Å². The van der Waals surface area contributed by atoms with Crippen molar-refractivity contribution < 1.29 is 4.79 Å². The van der Waals surface area contributed by atoms with Gasteiger partial charge >= 0.3 is 0 Å².